The van der Waals surface area contributed by atoms with Gasteiger partial charge in [0.15, 0.2) is 9.84 Å². The van der Waals surface area contributed by atoms with E-state index in [4.69, 9.17) is 11.6 Å². The molecular weight excluding hydrogens is 334 g/mol. The van der Waals surface area contributed by atoms with Gasteiger partial charge in [-0.25, -0.2) is 16.8 Å². The van der Waals surface area contributed by atoms with Gasteiger partial charge in [0.1, 0.15) is 0 Å². The summed E-state index contributed by atoms with van der Waals surface area (Å²) in [7, 11) is -6.84. The predicted molar refractivity (Wildman–Crippen MR) is 82.7 cm³/mol. The lowest BCUT2D eigenvalue weighted by Crippen LogP contribution is -2.41. The van der Waals surface area contributed by atoms with Crippen molar-refractivity contribution in [3.8, 4) is 0 Å². The van der Waals surface area contributed by atoms with Gasteiger partial charge < -0.3 is 0 Å². The molecule has 1 atom stereocenters. The molecule has 0 spiro atoms. The Bertz CT molecular complexity index is 698. The van der Waals surface area contributed by atoms with Crippen molar-refractivity contribution in [1.29, 1.82) is 0 Å². The second-order valence-electron chi connectivity index (χ2n) is 5.13. The number of rotatable bonds is 5. The minimum absolute atomic E-state index is 0.0496. The van der Waals surface area contributed by atoms with Crippen molar-refractivity contribution in [2.24, 2.45) is 0 Å². The summed E-state index contributed by atoms with van der Waals surface area (Å²) in [6.07, 6.45) is 0.985. The van der Waals surface area contributed by atoms with Crippen molar-refractivity contribution in [3.05, 3.63) is 29.3 Å². The van der Waals surface area contributed by atoms with Crippen molar-refractivity contribution in [3.63, 3.8) is 0 Å². The number of sulfone groups is 1. The fourth-order valence-corrected chi connectivity index (χ4v) is 6.16. The van der Waals surface area contributed by atoms with E-state index in [1.807, 2.05) is 6.92 Å². The average molecular weight is 352 g/mol. The standard InChI is InChI=1S/C13H18ClNO4S2/c1-2-8-15(12-7-9-20(16,17)10-12)21(18,19)13-5-3-11(14)4-6-13/h3-6,12H,2,7-10H2,1H3. The number of nitrogens with zero attached hydrogens (tertiary/aromatic N) is 1. The average Bonchev–Trinajstić information content (AvgIpc) is 2.76. The molecule has 1 heterocycles. The lowest BCUT2D eigenvalue weighted by molar-refractivity contribution is 0.340. The molecule has 0 amide bonds. The Balaban J connectivity index is 2.35. The van der Waals surface area contributed by atoms with E-state index in [0.29, 0.717) is 24.4 Å². The monoisotopic (exact) mass is 351 g/mol. The highest BCUT2D eigenvalue weighted by molar-refractivity contribution is 7.92. The van der Waals surface area contributed by atoms with E-state index >= 15 is 0 Å². The quantitative estimate of drug-likeness (QED) is 0.812. The number of halogens is 1. The Morgan fingerprint density at radius 2 is 1.90 bits per heavy atom. The SMILES string of the molecule is CCCN(C1CCS(=O)(=O)C1)S(=O)(=O)c1ccc(Cl)cc1. The summed E-state index contributed by atoms with van der Waals surface area (Å²) in [4.78, 5) is 0.143. The smallest absolute Gasteiger partial charge is 0.229 e. The highest BCUT2D eigenvalue weighted by Gasteiger charge is 2.38. The molecule has 1 unspecified atom stereocenters. The maximum absolute atomic E-state index is 12.7. The molecule has 21 heavy (non-hydrogen) atoms. The summed E-state index contributed by atoms with van der Waals surface area (Å²) in [5.74, 6) is -0.0478. The normalized spacial score (nSPS) is 21.8. The van der Waals surface area contributed by atoms with Gasteiger partial charge in [0.05, 0.1) is 16.4 Å². The first kappa shape index (κ1) is 16.7. The molecule has 2 rings (SSSR count). The highest BCUT2D eigenvalue weighted by atomic mass is 35.5. The molecule has 1 saturated heterocycles. The van der Waals surface area contributed by atoms with Gasteiger partial charge in [-0.1, -0.05) is 18.5 Å². The topological polar surface area (TPSA) is 71.5 Å². The van der Waals surface area contributed by atoms with Crippen LogP contribution in [0.4, 0.5) is 0 Å². The van der Waals surface area contributed by atoms with Crippen LogP contribution in [0.3, 0.4) is 0 Å². The van der Waals surface area contributed by atoms with Crippen molar-refractivity contribution in [2.45, 2.75) is 30.7 Å². The lowest BCUT2D eigenvalue weighted by Gasteiger charge is -2.27. The molecule has 1 aromatic carbocycles. The van der Waals surface area contributed by atoms with E-state index in [1.54, 1.807) is 0 Å². The first-order valence-corrected chi connectivity index (χ1v) is 10.4. The molecule has 0 aromatic heterocycles. The molecule has 0 N–H and O–H groups in total. The van der Waals surface area contributed by atoms with Crippen LogP contribution in [0.2, 0.25) is 5.02 Å². The molecule has 0 bridgehead atoms. The van der Waals surface area contributed by atoms with E-state index < -0.39 is 25.9 Å². The highest BCUT2D eigenvalue weighted by Crippen LogP contribution is 2.26. The Morgan fingerprint density at radius 1 is 1.29 bits per heavy atom. The van der Waals surface area contributed by atoms with Gasteiger partial charge in [-0.05, 0) is 37.1 Å². The summed E-state index contributed by atoms with van der Waals surface area (Å²) < 4.78 is 50.0. The predicted octanol–water partition coefficient (Wildman–Crippen LogP) is 1.93. The summed E-state index contributed by atoms with van der Waals surface area (Å²) in [5, 5.41) is 0.458. The fourth-order valence-electron chi connectivity index (χ4n) is 2.46. The molecule has 1 aliphatic heterocycles. The van der Waals surface area contributed by atoms with E-state index in [9.17, 15) is 16.8 Å². The number of benzene rings is 1. The Kier molecular flexibility index (Phi) is 4.97. The van der Waals surface area contributed by atoms with Crippen LogP contribution in [0, 0.1) is 0 Å². The van der Waals surface area contributed by atoms with Gasteiger partial charge in [0.2, 0.25) is 10.0 Å². The Labute approximate surface area is 130 Å². The third-order valence-electron chi connectivity index (χ3n) is 3.48. The first-order valence-electron chi connectivity index (χ1n) is 6.74. The molecular formula is C13H18ClNO4S2. The van der Waals surface area contributed by atoms with Gasteiger partial charge >= 0.3 is 0 Å². The van der Waals surface area contributed by atoms with Crippen molar-refractivity contribution in [1.82, 2.24) is 4.31 Å². The minimum Gasteiger partial charge on any atom is -0.229 e. The van der Waals surface area contributed by atoms with Crippen LogP contribution in [0.5, 0.6) is 0 Å². The van der Waals surface area contributed by atoms with Crippen LogP contribution in [-0.4, -0.2) is 45.2 Å². The van der Waals surface area contributed by atoms with Crippen molar-refractivity contribution < 1.29 is 16.8 Å². The van der Waals surface area contributed by atoms with Gasteiger partial charge in [0, 0.05) is 17.6 Å². The van der Waals surface area contributed by atoms with Crippen LogP contribution in [0.1, 0.15) is 19.8 Å². The molecule has 5 nitrogen and oxygen atoms in total. The van der Waals surface area contributed by atoms with E-state index in [0.717, 1.165) is 0 Å². The fraction of sp³-hybridized carbons (Fsp3) is 0.538. The first-order chi connectivity index (χ1) is 9.76. The molecule has 0 aliphatic carbocycles. The third kappa shape index (κ3) is 3.77. The van der Waals surface area contributed by atoms with Crippen LogP contribution >= 0.6 is 11.6 Å². The molecule has 0 radical (unpaired) electrons. The molecule has 118 valence electrons. The zero-order valence-corrected chi connectivity index (χ0v) is 14.1. The zero-order valence-electron chi connectivity index (χ0n) is 11.7. The molecule has 1 aliphatic rings. The van der Waals surface area contributed by atoms with E-state index in [1.165, 1.54) is 28.6 Å². The summed E-state index contributed by atoms with van der Waals surface area (Å²) in [6, 6.07) is 5.46. The van der Waals surface area contributed by atoms with Gasteiger partial charge in [0.25, 0.3) is 0 Å². The summed E-state index contributed by atoms with van der Waals surface area (Å²) in [6.45, 7) is 2.18. The number of hydrogen-bond acceptors (Lipinski definition) is 4. The van der Waals surface area contributed by atoms with Gasteiger partial charge in [-0.15, -0.1) is 0 Å². The van der Waals surface area contributed by atoms with Crippen LogP contribution in [0.15, 0.2) is 29.2 Å². The van der Waals surface area contributed by atoms with Crippen molar-refractivity contribution in [2.75, 3.05) is 18.1 Å². The number of hydrogen-bond donors (Lipinski definition) is 0. The summed E-state index contributed by atoms with van der Waals surface area (Å²) in [5.41, 5.74) is 0. The van der Waals surface area contributed by atoms with Gasteiger partial charge in [-0.2, -0.15) is 4.31 Å². The maximum atomic E-state index is 12.7. The van der Waals surface area contributed by atoms with Crippen molar-refractivity contribution >= 4 is 31.5 Å². The van der Waals surface area contributed by atoms with E-state index in [2.05, 4.69) is 0 Å². The van der Waals surface area contributed by atoms with Crippen LogP contribution < -0.4 is 0 Å². The molecule has 1 fully saturated rings. The second kappa shape index (κ2) is 6.24. The van der Waals surface area contributed by atoms with Crippen LogP contribution in [-0.2, 0) is 19.9 Å². The molecule has 8 heteroatoms. The summed E-state index contributed by atoms with van der Waals surface area (Å²) >= 11 is 5.78. The molecule has 1 aromatic rings. The lowest BCUT2D eigenvalue weighted by atomic mass is 10.2. The maximum Gasteiger partial charge on any atom is 0.243 e. The zero-order chi connectivity index (χ0) is 15.7. The van der Waals surface area contributed by atoms with Gasteiger partial charge in [-0.3, -0.25) is 0 Å². The minimum atomic E-state index is -3.70. The van der Waals surface area contributed by atoms with Crippen LogP contribution in [0.25, 0.3) is 0 Å². The Morgan fingerprint density at radius 3 is 2.38 bits per heavy atom. The van der Waals surface area contributed by atoms with E-state index in [-0.39, 0.29) is 16.4 Å². The largest absolute Gasteiger partial charge is 0.243 e. The second-order valence-corrected chi connectivity index (χ2v) is 9.68. The third-order valence-corrected chi connectivity index (χ3v) is 7.45. The number of sulfonamides is 1. The Hall–Kier alpha value is -0.630. The molecule has 0 saturated carbocycles.